The van der Waals surface area contributed by atoms with Gasteiger partial charge in [-0.1, -0.05) is 6.07 Å². The quantitative estimate of drug-likeness (QED) is 0.559. The number of hydrogen-bond donors (Lipinski definition) is 0. The lowest BCUT2D eigenvalue weighted by Crippen LogP contribution is -1.99. The van der Waals surface area contributed by atoms with E-state index in [1.807, 2.05) is 0 Å². The van der Waals surface area contributed by atoms with Gasteiger partial charge >= 0.3 is 5.69 Å². The van der Waals surface area contributed by atoms with Gasteiger partial charge in [-0.05, 0) is 18.6 Å². The first-order valence-corrected chi connectivity index (χ1v) is 4.35. The molecule has 1 aromatic rings. The molecule has 0 heterocycles. The van der Waals surface area contributed by atoms with Gasteiger partial charge in [0.2, 0.25) is 0 Å². The summed E-state index contributed by atoms with van der Waals surface area (Å²) in [6, 6.07) is 4.50. The first-order valence-electron chi connectivity index (χ1n) is 4.35. The van der Waals surface area contributed by atoms with Gasteiger partial charge in [0.05, 0.1) is 12.0 Å². The summed E-state index contributed by atoms with van der Waals surface area (Å²) in [6.45, 7) is 1.44. The topological polar surface area (TPSA) is 69.4 Å². The van der Waals surface area contributed by atoms with Crippen LogP contribution in [0.15, 0.2) is 18.2 Å². The van der Waals surface area contributed by atoms with Crippen molar-refractivity contribution in [1.82, 2.24) is 0 Å². The number of ketones is 1. The van der Waals surface area contributed by atoms with Crippen molar-refractivity contribution in [3.63, 3.8) is 0 Å². The average Bonchev–Trinajstić information content (AvgIpc) is 2.16. The third-order valence-corrected chi connectivity index (χ3v) is 1.89. The highest BCUT2D eigenvalue weighted by atomic mass is 16.6. The molecular formula is C10H11NO4. The van der Waals surface area contributed by atoms with Crippen LogP contribution in [0.1, 0.15) is 12.5 Å². The zero-order valence-corrected chi connectivity index (χ0v) is 8.52. The van der Waals surface area contributed by atoms with Crippen LogP contribution in [0.5, 0.6) is 5.75 Å². The van der Waals surface area contributed by atoms with Crippen LogP contribution in [0.3, 0.4) is 0 Å². The predicted molar refractivity (Wildman–Crippen MR) is 54.0 cm³/mol. The number of nitro benzene ring substituents is 1. The molecule has 1 rings (SSSR count). The number of methoxy groups -OCH3 is 1. The Labute approximate surface area is 86.8 Å². The van der Waals surface area contributed by atoms with Crippen LogP contribution in [0.2, 0.25) is 0 Å². The Bertz CT molecular complexity index is 400. The van der Waals surface area contributed by atoms with E-state index in [1.54, 1.807) is 6.07 Å². The number of hydrogen-bond acceptors (Lipinski definition) is 4. The molecule has 0 atom stereocenters. The molecule has 0 bridgehead atoms. The maximum absolute atomic E-state index is 10.8. The van der Waals surface area contributed by atoms with Gasteiger partial charge in [-0.3, -0.25) is 14.9 Å². The maximum atomic E-state index is 10.8. The van der Waals surface area contributed by atoms with Gasteiger partial charge in [0, 0.05) is 12.5 Å². The van der Waals surface area contributed by atoms with Crippen molar-refractivity contribution in [2.75, 3.05) is 7.11 Å². The molecule has 15 heavy (non-hydrogen) atoms. The number of rotatable bonds is 4. The van der Waals surface area contributed by atoms with E-state index in [0.717, 1.165) is 0 Å². The Hall–Kier alpha value is -1.91. The molecular weight excluding hydrogens is 198 g/mol. The third kappa shape index (κ3) is 2.77. The Kier molecular flexibility index (Phi) is 3.38. The Morgan fingerprint density at radius 3 is 2.67 bits per heavy atom. The second kappa shape index (κ2) is 4.54. The van der Waals surface area contributed by atoms with Crippen molar-refractivity contribution in [2.45, 2.75) is 13.3 Å². The van der Waals surface area contributed by atoms with Gasteiger partial charge in [0.15, 0.2) is 5.75 Å². The van der Waals surface area contributed by atoms with Crippen LogP contribution in [0.4, 0.5) is 5.69 Å². The largest absolute Gasteiger partial charge is 0.490 e. The maximum Gasteiger partial charge on any atom is 0.311 e. The molecule has 0 radical (unpaired) electrons. The Morgan fingerprint density at radius 1 is 1.53 bits per heavy atom. The summed E-state index contributed by atoms with van der Waals surface area (Å²) in [7, 11) is 1.37. The summed E-state index contributed by atoms with van der Waals surface area (Å²) in [6.07, 6.45) is 0.199. The SMILES string of the molecule is COc1ccc(CC(C)=O)cc1[N+](=O)[O-]. The molecule has 0 N–H and O–H groups in total. The van der Waals surface area contributed by atoms with Crippen molar-refractivity contribution in [2.24, 2.45) is 0 Å². The van der Waals surface area contributed by atoms with Crippen molar-refractivity contribution in [3.8, 4) is 5.75 Å². The van der Waals surface area contributed by atoms with Crippen LogP contribution in [-0.2, 0) is 11.2 Å². The van der Waals surface area contributed by atoms with Crippen LogP contribution in [0, 0.1) is 10.1 Å². The monoisotopic (exact) mass is 209 g/mol. The zero-order chi connectivity index (χ0) is 11.4. The molecule has 5 nitrogen and oxygen atoms in total. The molecule has 0 saturated heterocycles. The predicted octanol–water partition coefficient (Wildman–Crippen LogP) is 1.73. The highest BCUT2D eigenvalue weighted by Gasteiger charge is 2.15. The highest BCUT2D eigenvalue weighted by molar-refractivity contribution is 5.78. The van der Waals surface area contributed by atoms with Crippen LogP contribution >= 0.6 is 0 Å². The van der Waals surface area contributed by atoms with Gasteiger partial charge in [-0.25, -0.2) is 0 Å². The van der Waals surface area contributed by atoms with Crippen molar-refractivity contribution in [3.05, 3.63) is 33.9 Å². The molecule has 0 spiro atoms. The van der Waals surface area contributed by atoms with Gasteiger partial charge in [0.25, 0.3) is 0 Å². The number of Topliss-reactive ketones (excluding diaryl/α,β-unsaturated/α-hetero) is 1. The molecule has 0 aliphatic carbocycles. The summed E-state index contributed by atoms with van der Waals surface area (Å²) in [5, 5.41) is 10.7. The summed E-state index contributed by atoms with van der Waals surface area (Å²) in [5.41, 5.74) is 0.506. The summed E-state index contributed by atoms with van der Waals surface area (Å²) in [4.78, 5) is 21.0. The minimum atomic E-state index is -0.525. The smallest absolute Gasteiger partial charge is 0.311 e. The van der Waals surface area contributed by atoms with Gasteiger partial charge < -0.3 is 4.74 Å². The van der Waals surface area contributed by atoms with E-state index >= 15 is 0 Å². The van der Waals surface area contributed by atoms with E-state index in [-0.39, 0.29) is 23.6 Å². The third-order valence-electron chi connectivity index (χ3n) is 1.89. The lowest BCUT2D eigenvalue weighted by molar-refractivity contribution is -0.385. The normalized spacial score (nSPS) is 9.73. The fourth-order valence-electron chi connectivity index (χ4n) is 1.28. The van der Waals surface area contributed by atoms with Gasteiger partial charge in [0.1, 0.15) is 5.78 Å². The molecule has 5 heteroatoms. The van der Waals surface area contributed by atoms with Crippen LogP contribution < -0.4 is 4.74 Å². The zero-order valence-electron chi connectivity index (χ0n) is 8.52. The summed E-state index contributed by atoms with van der Waals surface area (Å²) < 4.78 is 4.84. The van der Waals surface area contributed by atoms with E-state index in [2.05, 4.69) is 0 Å². The number of benzene rings is 1. The molecule has 0 aromatic heterocycles. The van der Waals surface area contributed by atoms with Crippen LogP contribution in [-0.4, -0.2) is 17.8 Å². The van der Waals surface area contributed by atoms with Crippen molar-refractivity contribution < 1.29 is 14.5 Å². The molecule has 0 unspecified atom stereocenters. The number of nitrogens with zero attached hydrogens (tertiary/aromatic N) is 1. The van der Waals surface area contributed by atoms with E-state index in [4.69, 9.17) is 4.74 Å². The van der Waals surface area contributed by atoms with Gasteiger partial charge in [-0.2, -0.15) is 0 Å². The van der Waals surface area contributed by atoms with Gasteiger partial charge in [-0.15, -0.1) is 0 Å². The fraction of sp³-hybridized carbons (Fsp3) is 0.300. The molecule has 1 aromatic carbocycles. The second-order valence-electron chi connectivity index (χ2n) is 3.14. The molecule has 0 fully saturated rings. The van der Waals surface area contributed by atoms with E-state index < -0.39 is 4.92 Å². The molecule has 0 saturated carbocycles. The van der Waals surface area contributed by atoms with E-state index in [9.17, 15) is 14.9 Å². The van der Waals surface area contributed by atoms with Crippen molar-refractivity contribution >= 4 is 11.5 Å². The Morgan fingerprint density at radius 2 is 2.20 bits per heavy atom. The number of nitro groups is 1. The highest BCUT2D eigenvalue weighted by Crippen LogP contribution is 2.27. The molecule has 0 aliphatic rings. The minimum Gasteiger partial charge on any atom is -0.490 e. The molecule has 0 amide bonds. The lowest BCUT2D eigenvalue weighted by Gasteiger charge is -2.03. The van der Waals surface area contributed by atoms with Crippen LogP contribution in [0.25, 0.3) is 0 Å². The standard InChI is InChI=1S/C10H11NO4/c1-7(12)5-8-3-4-10(15-2)9(6-8)11(13)14/h3-4,6H,5H2,1-2H3. The summed E-state index contributed by atoms with van der Waals surface area (Å²) >= 11 is 0. The Balaban J connectivity index is 3.10. The molecule has 80 valence electrons. The lowest BCUT2D eigenvalue weighted by atomic mass is 10.1. The first-order chi connectivity index (χ1) is 7.04. The number of carbonyl (C=O) groups is 1. The second-order valence-corrected chi connectivity index (χ2v) is 3.14. The molecule has 0 aliphatic heterocycles. The summed E-state index contributed by atoms with van der Waals surface area (Å²) in [5.74, 6) is 0.168. The number of carbonyl (C=O) groups excluding carboxylic acids is 1. The minimum absolute atomic E-state index is 0.0329. The van der Waals surface area contributed by atoms with Crippen molar-refractivity contribution in [1.29, 1.82) is 0 Å². The van der Waals surface area contributed by atoms with E-state index in [1.165, 1.54) is 26.2 Å². The average molecular weight is 209 g/mol. The first kappa shape index (κ1) is 11.2. The fourth-order valence-corrected chi connectivity index (χ4v) is 1.28. The number of ether oxygens (including phenoxy) is 1. The van der Waals surface area contributed by atoms with E-state index in [0.29, 0.717) is 5.56 Å².